The van der Waals surface area contributed by atoms with Crippen molar-refractivity contribution in [2.45, 2.75) is 32.0 Å². The monoisotopic (exact) mass is 178 g/mol. The van der Waals surface area contributed by atoms with Gasteiger partial charge in [-0.05, 0) is 25.5 Å². The van der Waals surface area contributed by atoms with Gasteiger partial charge in [-0.2, -0.15) is 0 Å². The van der Waals surface area contributed by atoms with Crippen molar-refractivity contribution in [2.24, 2.45) is 0 Å². The molecule has 70 valence electrons. The summed E-state index contributed by atoms with van der Waals surface area (Å²) in [5.41, 5.74) is 1.25. The molecular formula is C11H14O2. The molecule has 2 heteroatoms. The number of hydrogen-bond donors (Lipinski definition) is 0. The summed E-state index contributed by atoms with van der Waals surface area (Å²) in [6.07, 6.45) is 3.87. The van der Waals surface area contributed by atoms with Crippen molar-refractivity contribution in [3.05, 3.63) is 36.3 Å². The molecule has 1 aromatic heterocycles. The molecule has 0 radical (unpaired) electrons. The van der Waals surface area contributed by atoms with E-state index in [9.17, 15) is 0 Å². The number of furan rings is 1. The molecule has 0 N–H and O–H groups in total. The molecular weight excluding hydrogens is 164 g/mol. The summed E-state index contributed by atoms with van der Waals surface area (Å²) < 4.78 is 11.0. The Kier molecular flexibility index (Phi) is 2.23. The Morgan fingerprint density at radius 3 is 2.92 bits per heavy atom. The fourth-order valence-corrected chi connectivity index (χ4v) is 1.77. The normalized spacial score (nSPS) is 29.2. The van der Waals surface area contributed by atoms with Crippen molar-refractivity contribution in [2.75, 3.05) is 0 Å². The third-order valence-electron chi connectivity index (χ3n) is 2.31. The topological polar surface area (TPSA) is 22.4 Å². The van der Waals surface area contributed by atoms with Crippen molar-refractivity contribution in [1.82, 2.24) is 0 Å². The van der Waals surface area contributed by atoms with Crippen LogP contribution in [0.5, 0.6) is 0 Å². The zero-order chi connectivity index (χ0) is 9.26. The van der Waals surface area contributed by atoms with E-state index in [0.717, 1.165) is 18.6 Å². The predicted molar refractivity (Wildman–Crippen MR) is 50.4 cm³/mol. The summed E-state index contributed by atoms with van der Waals surface area (Å²) in [7, 11) is 0. The quantitative estimate of drug-likeness (QED) is 0.616. The van der Waals surface area contributed by atoms with Crippen LogP contribution < -0.4 is 0 Å². The summed E-state index contributed by atoms with van der Waals surface area (Å²) >= 11 is 0. The number of rotatable bonds is 1. The van der Waals surface area contributed by atoms with Crippen LogP contribution in [0.2, 0.25) is 0 Å². The Morgan fingerprint density at radius 2 is 2.31 bits per heavy atom. The molecule has 2 atom stereocenters. The molecule has 2 rings (SSSR count). The van der Waals surface area contributed by atoms with Crippen LogP contribution in [0.3, 0.4) is 0 Å². The third-order valence-corrected chi connectivity index (χ3v) is 2.31. The highest BCUT2D eigenvalue weighted by Crippen LogP contribution is 2.33. The maximum absolute atomic E-state index is 5.75. The molecule has 0 bridgehead atoms. The highest BCUT2D eigenvalue weighted by Gasteiger charge is 2.24. The molecule has 0 aliphatic carbocycles. The van der Waals surface area contributed by atoms with Gasteiger partial charge in [0, 0.05) is 6.42 Å². The van der Waals surface area contributed by atoms with Gasteiger partial charge in [0.1, 0.15) is 11.9 Å². The van der Waals surface area contributed by atoms with Gasteiger partial charge in [0.2, 0.25) is 0 Å². The first kappa shape index (κ1) is 8.57. The summed E-state index contributed by atoms with van der Waals surface area (Å²) in [4.78, 5) is 0. The van der Waals surface area contributed by atoms with E-state index in [0.29, 0.717) is 0 Å². The van der Waals surface area contributed by atoms with Gasteiger partial charge in [0.15, 0.2) is 0 Å². The van der Waals surface area contributed by atoms with Crippen molar-refractivity contribution in [1.29, 1.82) is 0 Å². The summed E-state index contributed by atoms with van der Waals surface area (Å²) in [5.74, 6) is 0.910. The van der Waals surface area contributed by atoms with Crippen LogP contribution in [-0.2, 0) is 4.74 Å². The lowest BCUT2D eigenvalue weighted by atomic mass is 9.99. The summed E-state index contributed by atoms with van der Waals surface area (Å²) in [5, 5.41) is 0. The number of hydrogen-bond acceptors (Lipinski definition) is 2. The molecule has 1 aliphatic rings. The molecule has 2 heterocycles. The minimum absolute atomic E-state index is 0.0752. The van der Waals surface area contributed by atoms with Gasteiger partial charge in [-0.3, -0.25) is 0 Å². The predicted octanol–water partition coefficient (Wildman–Crippen LogP) is 3.08. The van der Waals surface area contributed by atoms with Crippen LogP contribution >= 0.6 is 0 Å². The van der Waals surface area contributed by atoms with E-state index in [-0.39, 0.29) is 12.2 Å². The van der Waals surface area contributed by atoms with Crippen molar-refractivity contribution in [3.8, 4) is 0 Å². The molecule has 0 spiro atoms. The van der Waals surface area contributed by atoms with E-state index in [2.05, 4.69) is 13.5 Å². The molecule has 0 aromatic carbocycles. The van der Waals surface area contributed by atoms with Gasteiger partial charge in [0.05, 0.1) is 12.4 Å². The molecule has 0 amide bonds. The van der Waals surface area contributed by atoms with Crippen LogP contribution in [0, 0.1) is 0 Å². The maximum atomic E-state index is 5.75. The molecule has 2 nitrogen and oxygen atoms in total. The Balaban J connectivity index is 2.12. The lowest BCUT2D eigenvalue weighted by molar-refractivity contribution is -0.0330. The zero-order valence-corrected chi connectivity index (χ0v) is 7.82. The van der Waals surface area contributed by atoms with Crippen LogP contribution in [0.1, 0.15) is 31.6 Å². The van der Waals surface area contributed by atoms with Crippen LogP contribution in [0.4, 0.5) is 0 Å². The second-order valence-corrected chi connectivity index (χ2v) is 3.61. The molecule has 1 aromatic rings. The van der Waals surface area contributed by atoms with Gasteiger partial charge in [-0.15, -0.1) is 0 Å². The lowest BCUT2D eigenvalue weighted by Gasteiger charge is -2.27. The fourth-order valence-electron chi connectivity index (χ4n) is 1.77. The minimum atomic E-state index is 0.0752. The largest absolute Gasteiger partial charge is 0.467 e. The van der Waals surface area contributed by atoms with E-state index in [1.807, 2.05) is 12.1 Å². The van der Waals surface area contributed by atoms with E-state index < -0.39 is 0 Å². The molecule has 0 unspecified atom stereocenters. The smallest absolute Gasteiger partial charge is 0.132 e. The Morgan fingerprint density at radius 1 is 1.46 bits per heavy atom. The molecule has 13 heavy (non-hydrogen) atoms. The van der Waals surface area contributed by atoms with Gasteiger partial charge < -0.3 is 9.15 Å². The van der Waals surface area contributed by atoms with Crippen molar-refractivity contribution in [3.63, 3.8) is 0 Å². The number of ether oxygens (including phenoxy) is 1. The van der Waals surface area contributed by atoms with Gasteiger partial charge in [-0.25, -0.2) is 0 Å². The minimum Gasteiger partial charge on any atom is -0.467 e. The first-order valence-electron chi connectivity index (χ1n) is 4.61. The molecule has 1 saturated heterocycles. The highest BCUT2D eigenvalue weighted by molar-refractivity contribution is 5.10. The average Bonchev–Trinajstić information content (AvgIpc) is 2.53. The second-order valence-electron chi connectivity index (χ2n) is 3.61. The fraction of sp³-hybridized carbons (Fsp3) is 0.455. The Labute approximate surface area is 78.2 Å². The van der Waals surface area contributed by atoms with E-state index in [1.54, 1.807) is 6.26 Å². The van der Waals surface area contributed by atoms with Crippen molar-refractivity contribution >= 4 is 0 Å². The molecule has 1 aliphatic heterocycles. The summed E-state index contributed by atoms with van der Waals surface area (Å²) in [6, 6.07) is 3.84. The lowest BCUT2D eigenvalue weighted by Crippen LogP contribution is -2.20. The van der Waals surface area contributed by atoms with Gasteiger partial charge in [0.25, 0.3) is 0 Å². The standard InChI is InChI=1S/C11H14O2/c1-8-6-9(2)13-11(7-8)10-4-3-5-12-10/h3-5,9,11H,1,6-7H2,2H3/t9-,11-/m0/s1. The van der Waals surface area contributed by atoms with Crippen molar-refractivity contribution < 1.29 is 9.15 Å². The van der Waals surface area contributed by atoms with E-state index in [4.69, 9.17) is 9.15 Å². The molecule has 1 fully saturated rings. The Bertz CT molecular complexity index is 287. The second kappa shape index (κ2) is 3.38. The first-order valence-corrected chi connectivity index (χ1v) is 4.61. The first-order chi connectivity index (χ1) is 6.25. The van der Waals surface area contributed by atoms with Gasteiger partial charge in [-0.1, -0.05) is 12.2 Å². The van der Waals surface area contributed by atoms with Crippen LogP contribution in [0.15, 0.2) is 35.0 Å². The molecule has 0 saturated carbocycles. The third kappa shape index (κ3) is 1.83. The van der Waals surface area contributed by atoms with Gasteiger partial charge >= 0.3 is 0 Å². The zero-order valence-electron chi connectivity index (χ0n) is 7.82. The maximum Gasteiger partial charge on any atom is 0.132 e. The Hall–Kier alpha value is -1.02. The average molecular weight is 178 g/mol. The highest BCUT2D eigenvalue weighted by atomic mass is 16.5. The van der Waals surface area contributed by atoms with Crippen LogP contribution in [0.25, 0.3) is 0 Å². The van der Waals surface area contributed by atoms with E-state index in [1.165, 1.54) is 5.57 Å². The summed E-state index contributed by atoms with van der Waals surface area (Å²) in [6.45, 7) is 6.07. The van der Waals surface area contributed by atoms with E-state index >= 15 is 0 Å². The SMILES string of the molecule is C=C1C[C@@H](c2ccco2)O[C@@H](C)C1. The van der Waals surface area contributed by atoms with Crippen LogP contribution in [-0.4, -0.2) is 6.10 Å².